The van der Waals surface area contributed by atoms with Crippen LogP contribution >= 0.6 is 0 Å². The minimum atomic E-state index is -0.677. The van der Waals surface area contributed by atoms with Gasteiger partial charge in [0.25, 0.3) is 5.89 Å². The van der Waals surface area contributed by atoms with Crippen molar-refractivity contribution >= 4 is 5.97 Å². The summed E-state index contributed by atoms with van der Waals surface area (Å²) in [5, 5.41) is 7.98. The molecule has 7 nitrogen and oxygen atoms in total. The summed E-state index contributed by atoms with van der Waals surface area (Å²) in [6.07, 6.45) is -0.677. The quantitative estimate of drug-likeness (QED) is 0.581. The van der Waals surface area contributed by atoms with Crippen molar-refractivity contribution in [2.24, 2.45) is 0 Å². The molecular formula is C20H20N2O5. The van der Waals surface area contributed by atoms with E-state index >= 15 is 0 Å². The standard InChI is InChI=1S/C20H20N2O5/c1-4-25-17-11-7-15(8-12-17)20(23)26-13(2)18-21-22-19(27-18)14-5-9-16(24-3)10-6-14/h5-13H,4H2,1-3H3/t13-/m0/s1. The molecule has 0 spiro atoms. The van der Waals surface area contributed by atoms with E-state index in [1.165, 1.54) is 0 Å². The third-order valence-electron chi connectivity index (χ3n) is 3.81. The summed E-state index contributed by atoms with van der Waals surface area (Å²) >= 11 is 0. The Balaban J connectivity index is 1.66. The zero-order chi connectivity index (χ0) is 19.2. The predicted octanol–water partition coefficient (Wildman–Crippen LogP) is 4.06. The summed E-state index contributed by atoms with van der Waals surface area (Å²) in [5.41, 5.74) is 1.17. The van der Waals surface area contributed by atoms with E-state index in [2.05, 4.69) is 10.2 Å². The van der Waals surface area contributed by atoms with Crippen LogP contribution in [0.2, 0.25) is 0 Å². The molecular weight excluding hydrogens is 348 g/mol. The molecule has 7 heteroatoms. The highest BCUT2D eigenvalue weighted by Gasteiger charge is 2.20. The van der Waals surface area contributed by atoms with E-state index in [0.717, 1.165) is 11.3 Å². The van der Waals surface area contributed by atoms with Crippen molar-refractivity contribution in [3.05, 3.63) is 60.0 Å². The number of hydrogen-bond acceptors (Lipinski definition) is 7. The maximum Gasteiger partial charge on any atom is 0.338 e. The van der Waals surface area contributed by atoms with Gasteiger partial charge in [0.1, 0.15) is 11.5 Å². The Morgan fingerprint density at radius 3 is 2.33 bits per heavy atom. The van der Waals surface area contributed by atoms with Crippen LogP contribution in [0.15, 0.2) is 52.9 Å². The highest BCUT2D eigenvalue weighted by Crippen LogP contribution is 2.25. The number of carbonyl (C=O) groups is 1. The molecule has 140 valence electrons. The number of carbonyl (C=O) groups excluding carboxylic acids is 1. The predicted molar refractivity (Wildman–Crippen MR) is 97.7 cm³/mol. The molecule has 1 aromatic heterocycles. The average Bonchev–Trinajstić information content (AvgIpc) is 3.19. The largest absolute Gasteiger partial charge is 0.497 e. The average molecular weight is 368 g/mol. The van der Waals surface area contributed by atoms with Crippen LogP contribution in [0.5, 0.6) is 11.5 Å². The number of esters is 1. The van der Waals surface area contributed by atoms with Gasteiger partial charge in [-0.25, -0.2) is 4.79 Å². The monoisotopic (exact) mass is 368 g/mol. The van der Waals surface area contributed by atoms with E-state index in [1.807, 2.05) is 19.1 Å². The van der Waals surface area contributed by atoms with Gasteiger partial charge in [-0.15, -0.1) is 10.2 Å². The molecule has 0 N–H and O–H groups in total. The smallest absolute Gasteiger partial charge is 0.338 e. The number of nitrogens with zero attached hydrogens (tertiary/aromatic N) is 2. The van der Waals surface area contributed by atoms with Crippen molar-refractivity contribution in [3.63, 3.8) is 0 Å². The molecule has 0 saturated carbocycles. The molecule has 0 bridgehead atoms. The van der Waals surface area contributed by atoms with Crippen molar-refractivity contribution in [1.29, 1.82) is 0 Å². The topological polar surface area (TPSA) is 83.7 Å². The Kier molecular flexibility index (Phi) is 5.71. The molecule has 2 aromatic carbocycles. The summed E-state index contributed by atoms with van der Waals surface area (Å²) in [7, 11) is 1.60. The third-order valence-corrected chi connectivity index (χ3v) is 3.81. The lowest BCUT2D eigenvalue weighted by Gasteiger charge is -2.10. The van der Waals surface area contributed by atoms with Gasteiger partial charge in [-0.3, -0.25) is 0 Å². The van der Waals surface area contributed by atoms with Crippen LogP contribution in [-0.4, -0.2) is 29.9 Å². The Morgan fingerprint density at radius 2 is 1.70 bits per heavy atom. The van der Waals surface area contributed by atoms with Gasteiger partial charge in [0.15, 0.2) is 6.10 Å². The molecule has 0 aliphatic rings. The summed E-state index contributed by atoms with van der Waals surface area (Å²) in [6.45, 7) is 4.14. The molecule has 27 heavy (non-hydrogen) atoms. The molecule has 0 saturated heterocycles. The van der Waals surface area contributed by atoms with Gasteiger partial charge in [0.2, 0.25) is 5.89 Å². The number of aromatic nitrogens is 2. The van der Waals surface area contributed by atoms with E-state index < -0.39 is 12.1 Å². The molecule has 0 radical (unpaired) electrons. The molecule has 1 atom stereocenters. The Hall–Kier alpha value is -3.35. The van der Waals surface area contributed by atoms with Gasteiger partial charge in [-0.2, -0.15) is 0 Å². The lowest BCUT2D eigenvalue weighted by atomic mass is 10.2. The van der Waals surface area contributed by atoms with Crippen molar-refractivity contribution in [2.75, 3.05) is 13.7 Å². The normalized spacial score (nSPS) is 11.7. The first-order valence-electron chi connectivity index (χ1n) is 8.52. The van der Waals surface area contributed by atoms with E-state index in [-0.39, 0.29) is 5.89 Å². The highest BCUT2D eigenvalue weighted by molar-refractivity contribution is 5.89. The molecule has 0 unspecified atom stereocenters. The van der Waals surface area contributed by atoms with Crippen molar-refractivity contribution in [3.8, 4) is 23.0 Å². The van der Waals surface area contributed by atoms with E-state index in [1.54, 1.807) is 50.4 Å². The van der Waals surface area contributed by atoms with E-state index in [9.17, 15) is 4.79 Å². The van der Waals surface area contributed by atoms with Crippen LogP contribution in [-0.2, 0) is 4.74 Å². The van der Waals surface area contributed by atoms with Crippen LogP contribution in [0.25, 0.3) is 11.5 Å². The lowest BCUT2D eigenvalue weighted by Crippen LogP contribution is -2.09. The number of benzene rings is 2. The van der Waals surface area contributed by atoms with Gasteiger partial charge in [-0.05, 0) is 62.4 Å². The summed E-state index contributed by atoms with van der Waals surface area (Å²) in [5.74, 6) is 1.52. The van der Waals surface area contributed by atoms with Gasteiger partial charge >= 0.3 is 5.97 Å². The van der Waals surface area contributed by atoms with Crippen LogP contribution in [0.4, 0.5) is 0 Å². The fourth-order valence-corrected chi connectivity index (χ4v) is 2.38. The molecule has 0 fully saturated rings. The number of rotatable bonds is 7. The zero-order valence-electron chi connectivity index (χ0n) is 15.3. The van der Waals surface area contributed by atoms with Crippen LogP contribution in [0.1, 0.15) is 36.2 Å². The molecule has 1 heterocycles. The SMILES string of the molecule is CCOc1ccc(C(=O)O[C@@H](C)c2nnc(-c3ccc(OC)cc3)o2)cc1. The molecule has 3 rings (SSSR count). The zero-order valence-corrected chi connectivity index (χ0v) is 15.3. The fraction of sp³-hybridized carbons (Fsp3) is 0.250. The second-order valence-corrected chi connectivity index (χ2v) is 5.68. The third kappa shape index (κ3) is 4.44. The van der Waals surface area contributed by atoms with Crippen LogP contribution in [0.3, 0.4) is 0 Å². The maximum atomic E-state index is 12.3. The summed E-state index contributed by atoms with van der Waals surface area (Å²) < 4.78 is 21.5. The van der Waals surface area contributed by atoms with E-state index in [4.69, 9.17) is 18.6 Å². The minimum Gasteiger partial charge on any atom is -0.497 e. The molecule has 0 amide bonds. The van der Waals surface area contributed by atoms with Gasteiger partial charge in [0, 0.05) is 5.56 Å². The number of methoxy groups -OCH3 is 1. The summed E-state index contributed by atoms with van der Waals surface area (Å²) in [6, 6.07) is 14.0. The first kappa shape index (κ1) is 18.4. The van der Waals surface area contributed by atoms with Gasteiger partial charge < -0.3 is 18.6 Å². The fourth-order valence-electron chi connectivity index (χ4n) is 2.38. The highest BCUT2D eigenvalue weighted by atomic mass is 16.6. The minimum absolute atomic E-state index is 0.222. The molecule has 0 aliphatic heterocycles. The van der Waals surface area contributed by atoms with Crippen LogP contribution in [0, 0.1) is 0 Å². The van der Waals surface area contributed by atoms with Crippen molar-refractivity contribution < 1.29 is 23.4 Å². The first-order chi connectivity index (χ1) is 13.1. The number of hydrogen-bond donors (Lipinski definition) is 0. The first-order valence-corrected chi connectivity index (χ1v) is 8.52. The molecule has 0 aliphatic carbocycles. The number of ether oxygens (including phenoxy) is 3. The second-order valence-electron chi connectivity index (χ2n) is 5.68. The van der Waals surface area contributed by atoms with Gasteiger partial charge in [0.05, 0.1) is 19.3 Å². The Labute approximate surface area is 156 Å². The van der Waals surface area contributed by atoms with Crippen molar-refractivity contribution in [2.45, 2.75) is 20.0 Å². The Bertz CT molecular complexity index is 887. The molecule has 3 aromatic rings. The maximum absolute atomic E-state index is 12.3. The van der Waals surface area contributed by atoms with Gasteiger partial charge in [-0.1, -0.05) is 0 Å². The summed E-state index contributed by atoms with van der Waals surface area (Å²) in [4.78, 5) is 12.3. The van der Waals surface area contributed by atoms with Crippen LogP contribution < -0.4 is 9.47 Å². The van der Waals surface area contributed by atoms with Crippen molar-refractivity contribution in [1.82, 2.24) is 10.2 Å². The lowest BCUT2D eigenvalue weighted by molar-refractivity contribution is 0.0280. The van der Waals surface area contributed by atoms with E-state index in [0.29, 0.717) is 23.8 Å². The Morgan fingerprint density at radius 1 is 1.04 bits per heavy atom. The second kappa shape index (κ2) is 8.35.